The van der Waals surface area contributed by atoms with Gasteiger partial charge < -0.3 is 24.8 Å². The lowest BCUT2D eigenvalue weighted by Crippen LogP contribution is -2.23. The van der Waals surface area contributed by atoms with Crippen LogP contribution in [0, 0.1) is 0 Å². The Balaban J connectivity index is 1.57. The summed E-state index contributed by atoms with van der Waals surface area (Å²) in [5.41, 5.74) is 0.961. The minimum Gasteiger partial charge on any atom is -0.454 e. The smallest absolute Gasteiger partial charge is 0.338 e. The number of nitrogens with one attached hydrogen (secondary N) is 2. The van der Waals surface area contributed by atoms with Crippen molar-refractivity contribution in [3.8, 4) is 11.5 Å². The zero-order valence-electron chi connectivity index (χ0n) is 14.9. The van der Waals surface area contributed by atoms with E-state index in [1.54, 1.807) is 18.2 Å². The van der Waals surface area contributed by atoms with Gasteiger partial charge in [-0.05, 0) is 37.3 Å². The predicted octanol–water partition coefficient (Wildman–Crippen LogP) is 2.61. The van der Waals surface area contributed by atoms with Crippen molar-refractivity contribution < 1.29 is 28.6 Å². The number of esters is 1. The van der Waals surface area contributed by atoms with Gasteiger partial charge in [-0.25, -0.2) is 4.79 Å². The average Bonchev–Trinajstić information content (AvgIpc) is 3.16. The molecule has 0 bridgehead atoms. The Labute approximate surface area is 165 Å². The monoisotopic (exact) mass is 404 g/mol. The fourth-order valence-corrected chi connectivity index (χ4v) is 2.76. The molecule has 1 aliphatic rings. The van der Waals surface area contributed by atoms with Crippen molar-refractivity contribution in [3.05, 3.63) is 52.5 Å². The molecule has 0 spiro atoms. The van der Waals surface area contributed by atoms with Gasteiger partial charge in [0, 0.05) is 17.8 Å². The van der Waals surface area contributed by atoms with E-state index in [1.165, 1.54) is 18.2 Å². The second-order valence-electron chi connectivity index (χ2n) is 5.76. The first kappa shape index (κ1) is 19.5. The highest BCUT2D eigenvalue weighted by Crippen LogP contribution is 2.39. The van der Waals surface area contributed by atoms with Crippen molar-refractivity contribution in [2.45, 2.75) is 6.92 Å². The van der Waals surface area contributed by atoms with Crippen LogP contribution in [0.25, 0.3) is 0 Å². The summed E-state index contributed by atoms with van der Waals surface area (Å²) in [6.45, 7) is 1.82. The third-order valence-corrected chi connectivity index (χ3v) is 4.02. The molecule has 0 aromatic heterocycles. The number of benzene rings is 2. The summed E-state index contributed by atoms with van der Waals surface area (Å²) in [5, 5.41) is 5.46. The molecular weight excluding hydrogens is 388 g/mol. The number of rotatable bonds is 6. The summed E-state index contributed by atoms with van der Waals surface area (Å²) in [6, 6.07) is 9.24. The van der Waals surface area contributed by atoms with Crippen LogP contribution in [-0.4, -0.2) is 37.7 Å². The number of carbonyl (C=O) groups excluding carboxylic acids is 3. The minimum atomic E-state index is -0.730. The van der Waals surface area contributed by atoms with Crippen molar-refractivity contribution in [2.24, 2.45) is 0 Å². The third kappa shape index (κ3) is 4.52. The van der Waals surface area contributed by atoms with Gasteiger partial charge in [0.1, 0.15) is 0 Å². The van der Waals surface area contributed by atoms with Crippen LogP contribution < -0.4 is 20.1 Å². The van der Waals surface area contributed by atoms with Gasteiger partial charge in [-0.15, -0.1) is 0 Å². The zero-order valence-corrected chi connectivity index (χ0v) is 15.7. The van der Waals surface area contributed by atoms with Crippen LogP contribution in [0.2, 0.25) is 5.02 Å². The molecule has 0 radical (unpaired) electrons. The normalized spacial score (nSPS) is 11.6. The maximum atomic E-state index is 12.2. The molecule has 2 amide bonds. The molecule has 28 heavy (non-hydrogen) atoms. The first-order valence-electron chi connectivity index (χ1n) is 8.42. The van der Waals surface area contributed by atoms with Crippen molar-refractivity contribution in [2.75, 3.05) is 25.3 Å². The van der Waals surface area contributed by atoms with Crippen LogP contribution in [0.15, 0.2) is 36.4 Å². The van der Waals surface area contributed by atoms with Gasteiger partial charge in [0.25, 0.3) is 11.8 Å². The van der Waals surface area contributed by atoms with Crippen LogP contribution in [0.3, 0.4) is 0 Å². The molecule has 9 heteroatoms. The van der Waals surface area contributed by atoms with E-state index in [4.69, 9.17) is 25.8 Å². The van der Waals surface area contributed by atoms with Crippen molar-refractivity contribution in [3.63, 3.8) is 0 Å². The van der Waals surface area contributed by atoms with Gasteiger partial charge in [0.2, 0.25) is 6.79 Å². The summed E-state index contributed by atoms with van der Waals surface area (Å²) in [7, 11) is 0. The molecule has 0 aliphatic carbocycles. The molecule has 0 unspecified atom stereocenters. The van der Waals surface area contributed by atoms with Crippen LogP contribution in [0.4, 0.5) is 5.69 Å². The van der Waals surface area contributed by atoms with E-state index in [0.29, 0.717) is 29.3 Å². The molecule has 2 aromatic rings. The SMILES string of the molecule is CCNC(=O)c1cccc(NC(=O)COC(=O)c2cc(Cl)c3c(c2)OCO3)c1. The second-order valence-corrected chi connectivity index (χ2v) is 6.16. The minimum absolute atomic E-state index is 0.0191. The Morgan fingerprint density at radius 2 is 1.96 bits per heavy atom. The summed E-state index contributed by atoms with van der Waals surface area (Å²) in [4.78, 5) is 36.0. The third-order valence-electron chi connectivity index (χ3n) is 3.74. The van der Waals surface area contributed by atoms with E-state index in [2.05, 4.69) is 10.6 Å². The van der Waals surface area contributed by atoms with E-state index in [1.807, 2.05) is 6.92 Å². The summed E-state index contributed by atoms with van der Waals surface area (Å²) >= 11 is 6.03. The van der Waals surface area contributed by atoms with Gasteiger partial charge in [-0.2, -0.15) is 0 Å². The Hall–Kier alpha value is -3.26. The van der Waals surface area contributed by atoms with E-state index < -0.39 is 18.5 Å². The van der Waals surface area contributed by atoms with Crippen molar-refractivity contribution in [1.29, 1.82) is 0 Å². The van der Waals surface area contributed by atoms with Crippen LogP contribution in [-0.2, 0) is 9.53 Å². The lowest BCUT2D eigenvalue weighted by Gasteiger charge is -2.09. The highest BCUT2D eigenvalue weighted by Gasteiger charge is 2.21. The Morgan fingerprint density at radius 1 is 1.14 bits per heavy atom. The molecule has 1 heterocycles. The first-order valence-corrected chi connectivity index (χ1v) is 8.80. The lowest BCUT2D eigenvalue weighted by atomic mass is 10.2. The highest BCUT2D eigenvalue weighted by molar-refractivity contribution is 6.32. The molecule has 146 valence electrons. The van der Waals surface area contributed by atoms with Gasteiger partial charge in [0.05, 0.1) is 10.6 Å². The van der Waals surface area contributed by atoms with E-state index in [0.717, 1.165) is 0 Å². The fraction of sp³-hybridized carbons (Fsp3) is 0.211. The Kier molecular flexibility index (Phi) is 6.00. The van der Waals surface area contributed by atoms with Gasteiger partial charge >= 0.3 is 5.97 Å². The molecule has 2 aromatic carbocycles. The molecular formula is C19H17ClN2O6. The zero-order chi connectivity index (χ0) is 20.1. The standard InChI is InChI=1S/C19H17ClN2O6/c1-2-21-18(24)11-4-3-5-13(6-11)22-16(23)9-26-19(25)12-7-14(20)17-15(8-12)27-10-28-17/h3-8H,2,9-10H2,1H3,(H,21,24)(H,22,23). The topological polar surface area (TPSA) is 103 Å². The Morgan fingerprint density at radius 3 is 2.75 bits per heavy atom. The number of hydrogen-bond donors (Lipinski definition) is 2. The molecule has 0 fully saturated rings. The van der Waals surface area contributed by atoms with E-state index in [-0.39, 0.29) is 23.3 Å². The number of ether oxygens (including phenoxy) is 3. The number of anilines is 1. The summed E-state index contributed by atoms with van der Waals surface area (Å²) < 4.78 is 15.4. The molecule has 1 aliphatic heterocycles. The number of amides is 2. The van der Waals surface area contributed by atoms with Crippen LogP contribution in [0.5, 0.6) is 11.5 Å². The molecule has 3 rings (SSSR count). The van der Waals surface area contributed by atoms with Gasteiger partial charge in [-0.3, -0.25) is 9.59 Å². The molecule has 0 saturated heterocycles. The van der Waals surface area contributed by atoms with Crippen LogP contribution >= 0.6 is 11.6 Å². The summed E-state index contributed by atoms with van der Waals surface area (Å²) in [5.74, 6) is -0.821. The average molecular weight is 405 g/mol. The predicted molar refractivity (Wildman–Crippen MR) is 101 cm³/mol. The van der Waals surface area contributed by atoms with E-state index >= 15 is 0 Å². The van der Waals surface area contributed by atoms with E-state index in [9.17, 15) is 14.4 Å². The largest absolute Gasteiger partial charge is 0.454 e. The van der Waals surface area contributed by atoms with Crippen LogP contribution in [0.1, 0.15) is 27.6 Å². The lowest BCUT2D eigenvalue weighted by molar-refractivity contribution is -0.119. The van der Waals surface area contributed by atoms with Crippen molar-refractivity contribution >= 4 is 35.1 Å². The molecule has 0 saturated carbocycles. The fourth-order valence-electron chi connectivity index (χ4n) is 2.50. The first-order chi connectivity index (χ1) is 13.5. The highest BCUT2D eigenvalue weighted by atomic mass is 35.5. The Bertz CT molecular complexity index is 931. The van der Waals surface area contributed by atoms with Gasteiger partial charge in [-0.1, -0.05) is 17.7 Å². The second kappa shape index (κ2) is 8.62. The van der Waals surface area contributed by atoms with Crippen molar-refractivity contribution in [1.82, 2.24) is 5.32 Å². The quantitative estimate of drug-likeness (QED) is 0.717. The van der Waals surface area contributed by atoms with Gasteiger partial charge in [0.15, 0.2) is 18.1 Å². The maximum Gasteiger partial charge on any atom is 0.338 e. The summed E-state index contributed by atoms with van der Waals surface area (Å²) in [6.07, 6.45) is 0. The molecule has 2 N–H and O–H groups in total. The maximum absolute atomic E-state index is 12.2. The number of fused-ring (bicyclic) bond motifs is 1. The number of carbonyl (C=O) groups is 3. The molecule has 0 atom stereocenters. The molecule has 8 nitrogen and oxygen atoms in total. The number of halogens is 1. The number of hydrogen-bond acceptors (Lipinski definition) is 6.